The van der Waals surface area contributed by atoms with Crippen LogP contribution in [0.4, 0.5) is 0 Å². The van der Waals surface area contributed by atoms with Crippen molar-refractivity contribution in [3.8, 4) is 0 Å². The van der Waals surface area contributed by atoms with Gasteiger partial charge >= 0.3 is 0 Å². The maximum atomic E-state index is 11.9. The van der Waals surface area contributed by atoms with E-state index in [0.717, 1.165) is 17.9 Å². The van der Waals surface area contributed by atoms with Gasteiger partial charge in [0.15, 0.2) is 0 Å². The highest BCUT2D eigenvalue weighted by Gasteiger charge is 2.21. The number of amides is 1. The van der Waals surface area contributed by atoms with Gasteiger partial charge in [-0.25, -0.2) is 5.43 Å². The largest absolute Gasteiger partial charge is 0.273 e. The van der Waals surface area contributed by atoms with Crippen molar-refractivity contribution >= 4 is 23.4 Å². The van der Waals surface area contributed by atoms with E-state index in [0.29, 0.717) is 6.42 Å². The van der Waals surface area contributed by atoms with Gasteiger partial charge in [0.2, 0.25) is 5.91 Å². The molecule has 132 valence electrons. The summed E-state index contributed by atoms with van der Waals surface area (Å²) in [7, 11) is 0. The highest BCUT2D eigenvalue weighted by atomic mass is 32.2. The maximum Gasteiger partial charge on any atom is 0.240 e. The fourth-order valence-corrected chi connectivity index (χ4v) is 3.54. The second-order valence-electron chi connectivity index (χ2n) is 6.72. The molecule has 25 heavy (non-hydrogen) atoms. The predicted octanol–water partition coefficient (Wildman–Crippen LogP) is 5.03. The summed E-state index contributed by atoms with van der Waals surface area (Å²) in [5.41, 5.74) is 4.87. The molecule has 0 aliphatic rings. The second-order valence-corrected chi connectivity index (χ2v) is 7.89. The van der Waals surface area contributed by atoms with E-state index in [1.165, 1.54) is 10.5 Å². The van der Waals surface area contributed by atoms with E-state index < -0.39 is 0 Å². The van der Waals surface area contributed by atoms with Crippen molar-refractivity contribution < 1.29 is 4.79 Å². The quantitative estimate of drug-likeness (QED) is 0.410. The van der Waals surface area contributed by atoms with Crippen molar-refractivity contribution in [3.05, 3.63) is 66.2 Å². The molecule has 1 amide bonds. The number of hydrazone groups is 1. The minimum absolute atomic E-state index is 0.0112. The van der Waals surface area contributed by atoms with Crippen molar-refractivity contribution in [2.45, 2.75) is 43.9 Å². The number of carbonyl (C=O) groups excluding carboxylic acids is 1. The van der Waals surface area contributed by atoms with Gasteiger partial charge in [-0.2, -0.15) is 5.10 Å². The van der Waals surface area contributed by atoms with Crippen molar-refractivity contribution in [1.29, 1.82) is 0 Å². The Morgan fingerprint density at radius 1 is 1.04 bits per heavy atom. The highest BCUT2D eigenvalue weighted by molar-refractivity contribution is 7.99. The van der Waals surface area contributed by atoms with E-state index in [9.17, 15) is 4.79 Å². The van der Waals surface area contributed by atoms with Crippen LogP contribution in [0, 0.1) is 0 Å². The summed E-state index contributed by atoms with van der Waals surface area (Å²) in [5, 5.41) is 4.27. The third-order valence-corrected chi connectivity index (χ3v) is 4.98. The lowest BCUT2D eigenvalue weighted by Gasteiger charge is -2.25. The Labute approximate surface area is 154 Å². The Bertz CT molecular complexity index is 696. The van der Waals surface area contributed by atoms with Gasteiger partial charge in [0.25, 0.3) is 0 Å². The summed E-state index contributed by atoms with van der Waals surface area (Å²) in [4.78, 5) is 13.1. The second kappa shape index (κ2) is 9.42. The molecule has 2 aromatic carbocycles. The molecule has 1 N–H and O–H groups in total. The van der Waals surface area contributed by atoms with Crippen LogP contribution in [0.15, 0.2) is 70.7 Å². The fourth-order valence-electron chi connectivity index (χ4n) is 2.66. The van der Waals surface area contributed by atoms with Gasteiger partial charge in [0.1, 0.15) is 0 Å². The molecule has 0 aromatic heterocycles. The van der Waals surface area contributed by atoms with Gasteiger partial charge in [-0.05, 0) is 36.5 Å². The first-order valence-electron chi connectivity index (χ1n) is 8.53. The van der Waals surface area contributed by atoms with Gasteiger partial charge < -0.3 is 0 Å². The first kappa shape index (κ1) is 19.3. The normalized spacial score (nSPS) is 12.0. The van der Waals surface area contributed by atoms with Crippen LogP contribution in [0.5, 0.6) is 0 Å². The van der Waals surface area contributed by atoms with Crippen LogP contribution in [-0.2, 0) is 10.2 Å². The zero-order valence-electron chi connectivity index (χ0n) is 15.2. The van der Waals surface area contributed by atoms with Gasteiger partial charge in [-0.1, -0.05) is 62.4 Å². The minimum atomic E-state index is -0.0414. The Kier molecular flexibility index (Phi) is 7.26. The zero-order valence-corrected chi connectivity index (χ0v) is 16.0. The van der Waals surface area contributed by atoms with Gasteiger partial charge in [0.05, 0.1) is 0 Å². The van der Waals surface area contributed by atoms with E-state index in [2.05, 4.69) is 60.8 Å². The molecule has 0 saturated carbocycles. The standard InChI is InChI=1S/C21H26N2OS/c1-17(16-21(2,3)18-10-6-4-7-11-18)22-23-20(24)14-15-25-19-12-8-5-9-13-19/h4-13H,14-16H2,1-3H3,(H,23,24). The molecule has 0 atom stereocenters. The first-order chi connectivity index (χ1) is 12.0. The number of rotatable bonds is 8. The number of thioether (sulfide) groups is 1. The lowest BCUT2D eigenvalue weighted by atomic mass is 9.80. The third kappa shape index (κ3) is 6.75. The molecule has 0 bridgehead atoms. The van der Waals surface area contributed by atoms with Crippen LogP contribution < -0.4 is 5.43 Å². The van der Waals surface area contributed by atoms with Crippen LogP contribution in [0.25, 0.3) is 0 Å². The molecule has 0 heterocycles. The van der Waals surface area contributed by atoms with Gasteiger partial charge in [-0.3, -0.25) is 4.79 Å². The zero-order chi connectivity index (χ0) is 18.1. The van der Waals surface area contributed by atoms with Crippen molar-refractivity contribution in [2.75, 3.05) is 5.75 Å². The number of hydrogen-bond acceptors (Lipinski definition) is 3. The molecule has 0 radical (unpaired) electrons. The van der Waals surface area contributed by atoms with E-state index >= 15 is 0 Å². The number of hydrogen-bond donors (Lipinski definition) is 1. The number of nitrogens with one attached hydrogen (secondary N) is 1. The van der Waals surface area contributed by atoms with Crippen LogP contribution in [-0.4, -0.2) is 17.4 Å². The Morgan fingerprint density at radius 3 is 2.28 bits per heavy atom. The van der Waals surface area contributed by atoms with Gasteiger partial charge in [-0.15, -0.1) is 11.8 Å². The summed E-state index contributed by atoms with van der Waals surface area (Å²) < 4.78 is 0. The molecule has 0 aliphatic heterocycles. The van der Waals surface area contributed by atoms with Crippen LogP contribution in [0.2, 0.25) is 0 Å². The lowest BCUT2D eigenvalue weighted by Crippen LogP contribution is -2.24. The SMILES string of the molecule is CC(CC(C)(C)c1ccccc1)=NNC(=O)CCSc1ccccc1. The van der Waals surface area contributed by atoms with E-state index in [4.69, 9.17) is 0 Å². The van der Waals surface area contributed by atoms with E-state index in [1.807, 2.05) is 31.2 Å². The minimum Gasteiger partial charge on any atom is -0.273 e. The van der Waals surface area contributed by atoms with Crippen LogP contribution >= 0.6 is 11.8 Å². The Morgan fingerprint density at radius 2 is 1.64 bits per heavy atom. The summed E-state index contributed by atoms with van der Waals surface area (Å²) in [5.74, 6) is 0.709. The van der Waals surface area contributed by atoms with Crippen molar-refractivity contribution in [1.82, 2.24) is 5.43 Å². The Hall–Kier alpha value is -2.07. The lowest BCUT2D eigenvalue weighted by molar-refractivity contribution is -0.120. The summed E-state index contributed by atoms with van der Waals surface area (Å²) in [6, 6.07) is 20.5. The van der Waals surface area contributed by atoms with E-state index in [1.54, 1.807) is 11.8 Å². The molecular weight excluding hydrogens is 328 g/mol. The molecule has 2 aromatic rings. The topological polar surface area (TPSA) is 41.5 Å². The average molecular weight is 355 g/mol. The maximum absolute atomic E-state index is 11.9. The molecule has 0 aliphatic carbocycles. The fraction of sp³-hybridized carbons (Fsp3) is 0.333. The summed E-state index contributed by atoms with van der Waals surface area (Å²) in [6.45, 7) is 6.35. The molecule has 3 nitrogen and oxygen atoms in total. The molecule has 0 spiro atoms. The number of carbonyl (C=O) groups is 1. The third-order valence-electron chi connectivity index (χ3n) is 3.97. The molecule has 0 saturated heterocycles. The van der Waals surface area contributed by atoms with Crippen LogP contribution in [0.1, 0.15) is 39.2 Å². The summed E-state index contributed by atoms with van der Waals surface area (Å²) in [6.07, 6.45) is 1.26. The monoisotopic (exact) mass is 354 g/mol. The molecular formula is C21H26N2OS. The Balaban J connectivity index is 1.77. The number of benzene rings is 2. The summed E-state index contributed by atoms with van der Waals surface area (Å²) >= 11 is 1.68. The molecule has 0 unspecified atom stereocenters. The molecule has 2 rings (SSSR count). The first-order valence-corrected chi connectivity index (χ1v) is 9.51. The van der Waals surface area contributed by atoms with E-state index in [-0.39, 0.29) is 11.3 Å². The smallest absolute Gasteiger partial charge is 0.240 e. The van der Waals surface area contributed by atoms with Crippen molar-refractivity contribution in [2.24, 2.45) is 5.10 Å². The number of nitrogens with zero attached hydrogens (tertiary/aromatic N) is 1. The predicted molar refractivity (Wildman–Crippen MR) is 107 cm³/mol. The average Bonchev–Trinajstić information content (AvgIpc) is 2.61. The van der Waals surface area contributed by atoms with Gasteiger partial charge in [0, 0.05) is 22.8 Å². The van der Waals surface area contributed by atoms with Crippen molar-refractivity contribution in [3.63, 3.8) is 0 Å². The molecule has 4 heteroatoms. The highest BCUT2D eigenvalue weighted by Crippen LogP contribution is 2.27. The van der Waals surface area contributed by atoms with Crippen LogP contribution in [0.3, 0.4) is 0 Å². The molecule has 0 fully saturated rings.